The summed E-state index contributed by atoms with van der Waals surface area (Å²) in [4.78, 5) is 4.91. The van der Waals surface area contributed by atoms with Crippen LogP contribution in [-0.4, -0.2) is 4.98 Å². The van der Waals surface area contributed by atoms with Crippen molar-refractivity contribution < 1.29 is 0 Å². The number of pyridine rings is 1. The first-order chi connectivity index (χ1) is 16.1. The van der Waals surface area contributed by atoms with Crippen LogP contribution < -0.4 is 0 Å². The fourth-order valence-electron chi connectivity index (χ4n) is 5.20. The zero-order chi connectivity index (χ0) is 22.5. The van der Waals surface area contributed by atoms with Gasteiger partial charge < -0.3 is 0 Å². The summed E-state index contributed by atoms with van der Waals surface area (Å²) in [6.45, 7) is 6.48. The highest BCUT2D eigenvalue weighted by Gasteiger charge is 2.15. The molecule has 0 saturated carbocycles. The van der Waals surface area contributed by atoms with Crippen molar-refractivity contribution in [3.8, 4) is 22.4 Å². The lowest BCUT2D eigenvalue weighted by Crippen LogP contribution is -1.92. The Morgan fingerprint density at radius 2 is 1.15 bits per heavy atom. The van der Waals surface area contributed by atoms with Gasteiger partial charge in [-0.1, -0.05) is 83.4 Å². The van der Waals surface area contributed by atoms with Gasteiger partial charge in [0.25, 0.3) is 0 Å². The lowest BCUT2D eigenvalue weighted by atomic mass is 9.89. The number of hydrogen-bond donors (Lipinski definition) is 0. The zero-order valence-electron chi connectivity index (χ0n) is 19.2. The van der Waals surface area contributed by atoms with E-state index < -0.39 is 0 Å². The smallest absolute Gasteiger partial charge is 0.0786 e. The normalized spacial score (nSPS) is 11.5. The average molecular weight is 424 g/mol. The van der Waals surface area contributed by atoms with E-state index in [1.807, 2.05) is 6.20 Å². The third kappa shape index (κ3) is 3.29. The molecule has 0 N–H and O–H groups in total. The molecule has 0 bridgehead atoms. The maximum atomic E-state index is 4.91. The molecule has 33 heavy (non-hydrogen) atoms. The van der Waals surface area contributed by atoms with E-state index in [-0.39, 0.29) is 0 Å². The Hall–Kier alpha value is -3.97. The molecule has 0 aliphatic carbocycles. The molecule has 1 heterocycles. The van der Waals surface area contributed by atoms with Crippen LogP contribution in [0.15, 0.2) is 97.2 Å². The van der Waals surface area contributed by atoms with Gasteiger partial charge in [-0.05, 0) is 83.1 Å². The number of nitrogens with zero attached hydrogens (tertiary/aromatic N) is 1. The number of hydrogen-bond acceptors (Lipinski definition) is 1. The molecule has 6 rings (SSSR count). The maximum absolute atomic E-state index is 4.91. The molecule has 0 amide bonds. The molecule has 0 radical (unpaired) electrons. The summed E-state index contributed by atoms with van der Waals surface area (Å²) in [5.74, 6) is 0. The number of benzene rings is 5. The van der Waals surface area contributed by atoms with Gasteiger partial charge in [0.2, 0.25) is 0 Å². The molecule has 0 aliphatic rings. The molecule has 0 saturated heterocycles. The van der Waals surface area contributed by atoms with Gasteiger partial charge in [-0.15, -0.1) is 0 Å². The van der Waals surface area contributed by atoms with Crippen molar-refractivity contribution in [1.29, 1.82) is 0 Å². The van der Waals surface area contributed by atoms with Gasteiger partial charge in [-0.25, -0.2) is 0 Å². The highest BCUT2D eigenvalue weighted by Crippen LogP contribution is 2.41. The molecule has 158 valence electrons. The van der Waals surface area contributed by atoms with Gasteiger partial charge in [0, 0.05) is 17.1 Å². The average Bonchev–Trinajstić information content (AvgIpc) is 2.83. The first kappa shape index (κ1) is 19.7. The van der Waals surface area contributed by atoms with Crippen LogP contribution in [0.1, 0.15) is 16.7 Å². The van der Waals surface area contributed by atoms with Crippen molar-refractivity contribution in [2.24, 2.45) is 0 Å². The lowest BCUT2D eigenvalue weighted by molar-refractivity contribution is 1.33. The summed E-state index contributed by atoms with van der Waals surface area (Å²) in [6.07, 6.45) is 1.96. The van der Waals surface area contributed by atoms with Crippen LogP contribution in [-0.2, 0) is 0 Å². The van der Waals surface area contributed by atoms with Crippen molar-refractivity contribution in [3.05, 3.63) is 114 Å². The van der Waals surface area contributed by atoms with E-state index in [9.17, 15) is 0 Å². The molecule has 5 aromatic carbocycles. The Balaban J connectivity index is 1.79. The molecule has 0 atom stereocenters. The number of rotatable bonds is 2. The first-order valence-electron chi connectivity index (χ1n) is 11.5. The topological polar surface area (TPSA) is 12.9 Å². The van der Waals surface area contributed by atoms with Crippen LogP contribution >= 0.6 is 0 Å². The molecule has 6 aromatic rings. The van der Waals surface area contributed by atoms with Crippen molar-refractivity contribution in [2.75, 3.05) is 0 Å². The van der Waals surface area contributed by atoms with Crippen LogP contribution in [0.3, 0.4) is 0 Å². The third-order valence-corrected chi connectivity index (χ3v) is 6.60. The van der Waals surface area contributed by atoms with Crippen LogP contribution in [0.2, 0.25) is 0 Å². The Labute approximate surface area is 194 Å². The molecule has 1 nitrogen and oxygen atoms in total. The Bertz CT molecular complexity index is 1660. The summed E-state index contributed by atoms with van der Waals surface area (Å²) in [7, 11) is 0. The summed E-state index contributed by atoms with van der Waals surface area (Å²) < 4.78 is 0. The molecule has 0 spiro atoms. The second-order valence-electron chi connectivity index (χ2n) is 9.13. The molecule has 1 aromatic heterocycles. The Morgan fingerprint density at radius 1 is 0.455 bits per heavy atom. The van der Waals surface area contributed by atoms with Crippen LogP contribution in [0.4, 0.5) is 0 Å². The maximum Gasteiger partial charge on any atom is 0.0786 e. The summed E-state index contributed by atoms with van der Waals surface area (Å²) in [5, 5.41) is 7.60. The lowest BCUT2D eigenvalue weighted by Gasteiger charge is -2.16. The first-order valence-corrected chi connectivity index (χ1v) is 11.5. The quantitative estimate of drug-likeness (QED) is 0.254. The van der Waals surface area contributed by atoms with Crippen molar-refractivity contribution >= 4 is 32.3 Å². The Kier molecular flexibility index (Phi) is 4.52. The van der Waals surface area contributed by atoms with E-state index in [0.717, 1.165) is 5.69 Å². The zero-order valence-corrected chi connectivity index (χ0v) is 19.2. The Morgan fingerprint density at radius 3 is 1.94 bits per heavy atom. The van der Waals surface area contributed by atoms with Gasteiger partial charge in [0.05, 0.1) is 5.69 Å². The van der Waals surface area contributed by atoms with Gasteiger partial charge in [-0.3, -0.25) is 4.98 Å². The van der Waals surface area contributed by atoms with Crippen LogP contribution in [0, 0.1) is 20.8 Å². The minimum Gasteiger partial charge on any atom is -0.256 e. The molecule has 0 aliphatic heterocycles. The van der Waals surface area contributed by atoms with Crippen molar-refractivity contribution in [1.82, 2.24) is 4.98 Å². The van der Waals surface area contributed by atoms with E-state index in [0.29, 0.717) is 0 Å². The van der Waals surface area contributed by atoms with E-state index in [2.05, 4.69) is 112 Å². The van der Waals surface area contributed by atoms with E-state index >= 15 is 0 Å². The fourth-order valence-corrected chi connectivity index (χ4v) is 5.20. The SMILES string of the molecule is Cc1cc(C)cc(-c2nccc3c4ccc(C)cc4c4cc(-c5ccccc5)ccc4c23)c1. The van der Waals surface area contributed by atoms with Crippen LogP contribution in [0.5, 0.6) is 0 Å². The van der Waals surface area contributed by atoms with Gasteiger partial charge in [0.15, 0.2) is 0 Å². The van der Waals surface area contributed by atoms with Gasteiger partial charge in [-0.2, -0.15) is 0 Å². The summed E-state index contributed by atoms with van der Waals surface area (Å²) in [6, 6.07) is 33.2. The minimum absolute atomic E-state index is 1.05. The van der Waals surface area contributed by atoms with Crippen molar-refractivity contribution in [2.45, 2.75) is 20.8 Å². The number of aryl methyl sites for hydroxylation is 3. The standard InChI is InChI=1S/C32H25N/c1-20-9-11-26-28-13-14-33-32(25-16-21(2)15-22(3)17-25)31(28)27-12-10-24(19-30(27)29(26)18-20)23-7-5-4-6-8-23/h4-19H,1-3H3. The highest BCUT2D eigenvalue weighted by molar-refractivity contribution is 6.28. The number of aromatic nitrogens is 1. The van der Waals surface area contributed by atoms with Gasteiger partial charge in [0.1, 0.15) is 0 Å². The second kappa shape index (κ2) is 7.56. The van der Waals surface area contributed by atoms with Gasteiger partial charge >= 0.3 is 0 Å². The molecule has 0 unspecified atom stereocenters. The van der Waals surface area contributed by atoms with Crippen LogP contribution in [0.25, 0.3) is 54.7 Å². The molecular weight excluding hydrogens is 398 g/mol. The second-order valence-corrected chi connectivity index (χ2v) is 9.13. The van der Waals surface area contributed by atoms with E-state index in [4.69, 9.17) is 4.98 Å². The number of fused-ring (bicyclic) bond motifs is 6. The largest absolute Gasteiger partial charge is 0.256 e. The predicted octanol–water partition coefficient (Wildman–Crippen LogP) is 8.80. The van der Waals surface area contributed by atoms with E-state index in [1.165, 1.54) is 65.7 Å². The minimum atomic E-state index is 1.05. The highest BCUT2D eigenvalue weighted by atomic mass is 14.7. The fraction of sp³-hybridized carbons (Fsp3) is 0.0938. The van der Waals surface area contributed by atoms with Crippen molar-refractivity contribution in [3.63, 3.8) is 0 Å². The molecule has 0 fully saturated rings. The molecule has 1 heteroatoms. The third-order valence-electron chi connectivity index (χ3n) is 6.60. The van der Waals surface area contributed by atoms with E-state index in [1.54, 1.807) is 0 Å². The summed E-state index contributed by atoms with van der Waals surface area (Å²) in [5.41, 5.74) is 8.50. The molecular formula is C32H25N. The monoisotopic (exact) mass is 423 g/mol. The predicted molar refractivity (Wildman–Crippen MR) is 142 cm³/mol. The summed E-state index contributed by atoms with van der Waals surface area (Å²) >= 11 is 0.